The van der Waals surface area contributed by atoms with Gasteiger partial charge in [0.1, 0.15) is 5.78 Å². The zero-order valence-electron chi connectivity index (χ0n) is 8.13. The molecular formula is C11H9Br2NO. The summed E-state index contributed by atoms with van der Waals surface area (Å²) < 4.78 is 0. The van der Waals surface area contributed by atoms with E-state index in [0.29, 0.717) is 10.9 Å². The summed E-state index contributed by atoms with van der Waals surface area (Å²) >= 11 is 6.63. The van der Waals surface area contributed by atoms with Crippen molar-refractivity contribution in [3.05, 3.63) is 34.9 Å². The summed E-state index contributed by atoms with van der Waals surface area (Å²) in [5.41, 5.74) is 2.33. The van der Waals surface area contributed by atoms with Crippen LogP contribution in [0, 0.1) is 11.3 Å². The third kappa shape index (κ3) is 2.90. The SMILES string of the molecule is CC(=O)C(Br)c1cc(CBr)ccc1C#N. The van der Waals surface area contributed by atoms with Crippen LogP contribution in [0.15, 0.2) is 18.2 Å². The lowest BCUT2D eigenvalue weighted by molar-refractivity contribution is -0.116. The molecule has 0 saturated carbocycles. The van der Waals surface area contributed by atoms with Gasteiger partial charge in [-0.25, -0.2) is 0 Å². The molecule has 2 nitrogen and oxygen atoms in total. The standard InChI is InChI=1S/C11H9Br2NO/c1-7(15)11(13)10-4-8(5-12)2-3-9(10)6-14/h2-4,11H,5H2,1H3. The molecule has 0 aromatic heterocycles. The maximum atomic E-state index is 11.2. The average molecular weight is 331 g/mol. The largest absolute Gasteiger partial charge is 0.298 e. The minimum absolute atomic E-state index is 0.00165. The molecule has 0 aliphatic rings. The molecule has 1 atom stereocenters. The third-order valence-corrected chi connectivity index (χ3v) is 3.81. The van der Waals surface area contributed by atoms with Gasteiger partial charge in [0, 0.05) is 5.33 Å². The molecule has 0 amide bonds. The smallest absolute Gasteiger partial charge is 0.147 e. The molecule has 4 heteroatoms. The Morgan fingerprint density at radius 2 is 2.27 bits per heavy atom. The maximum absolute atomic E-state index is 11.2. The van der Waals surface area contributed by atoms with E-state index in [1.165, 1.54) is 6.92 Å². The molecule has 1 aromatic carbocycles. The molecule has 0 radical (unpaired) electrons. The van der Waals surface area contributed by atoms with Crippen molar-refractivity contribution in [2.75, 3.05) is 0 Å². The molecule has 15 heavy (non-hydrogen) atoms. The van der Waals surface area contributed by atoms with Crippen LogP contribution in [0.5, 0.6) is 0 Å². The molecule has 1 unspecified atom stereocenters. The highest BCUT2D eigenvalue weighted by molar-refractivity contribution is 9.09. The summed E-state index contributed by atoms with van der Waals surface area (Å²) in [6.45, 7) is 1.50. The summed E-state index contributed by atoms with van der Waals surface area (Å²) in [6, 6.07) is 7.57. The number of benzene rings is 1. The molecule has 1 aromatic rings. The number of nitriles is 1. The lowest BCUT2D eigenvalue weighted by Gasteiger charge is -2.09. The first kappa shape index (κ1) is 12.4. The van der Waals surface area contributed by atoms with Crippen LogP contribution in [0.3, 0.4) is 0 Å². The van der Waals surface area contributed by atoms with Crippen LogP contribution in [-0.2, 0) is 10.1 Å². The number of ketones is 1. The molecule has 0 aliphatic heterocycles. The second-order valence-electron chi connectivity index (χ2n) is 3.14. The van der Waals surface area contributed by atoms with Gasteiger partial charge in [0.25, 0.3) is 0 Å². The molecule has 0 saturated heterocycles. The van der Waals surface area contributed by atoms with Crippen LogP contribution in [0.4, 0.5) is 0 Å². The van der Waals surface area contributed by atoms with E-state index < -0.39 is 4.83 Å². The van der Waals surface area contributed by atoms with Crippen molar-refractivity contribution in [3.63, 3.8) is 0 Å². The number of carbonyl (C=O) groups is 1. The van der Waals surface area contributed by atoms with Crippen LogP contribution in [-0.4, -0.2) is 5.78 Å². The predicted molar refractivity (Wildman–Crippen MR) is 66.1 cm³/mol. The number of hydrogen-bond acceptors (Lipinski definition) is 2. The summed E-state index contributed by atoms with van der Waals surface area (Å²) in [5, 5.41) is 9.63. The minimum atomic E-state index is -0.397. The Morgan fingerprint density at radius 1 is 1.60 bits per heavy atom. The van der Waals surface area contributed by atoms with Crippen LogP contribution in [0.25, 0.3) is 0 Å². The molecule has 1 rings (SSSR count). The molecule has 78 valence electrons. The Balaban J connectivity index is 3.24. The van der Waals surface area contributed by atoms with Crippen LogP contribution >= 0.6 is 31.9 Å². The summed E-state index contributed by atoms with van der Waals surface area (Å²) in [7, 11) is 0. The van der Waals surface area contributed by atoms with Gasteiger partial charge in [-0.1, -0.05) is 44.0 Å². The third-order valence-electron chi connectivity index (χ3n) is 2.02. The second-order valence-corrected chi connectivity index (χ2v) is 4.62. The van der Waals surface area contributed by atoms with Crippen LogP contribution < -0.4 is 0 Å². The van der Waals surface area contributed by atoms with Gasteiger partial charge in [-0.15, -0.1) is 0 Å². The van der Waals surface area contributed by atoms with Crippen LogP contribution in [0.1, 0.15) is 28.4 Å². The number of alkyl halides is 2. The molecule has 0 spiro atoms. The molecule has 0 N–H and O–H groups in total. The fourth-order valence-corrected chi connectivity index (χ4v) is 1.95. The second kappa shape index (κ2) is 5.43. The van der Waals surface area contributed by atoms with Gasteiger partial charge in [0.05, 0.1) is 16.5 Å². The summed E-state index contributed by atoms with van der Waals surface area (Å²) in [4.78, 5) is 10.8. The lowest BCUT2D eigenvalue weighted by Crippen LogP contribution is -2.04. The fraction of sp³-hybridized carbons (Fsp3) is 0.273. The monoisotopic (exact) mass is 329 g/mol. The molecular weight excluding hydrogens is 322 g/mol. The van der Waals surface area contributed by atoms with Gasteiger partial charge >= 0.3 is 0 Å². The van der Waals surface area contributed by atoms with Crippen molar-refractivity contribution in [2.45, 2.75) is 17.1 Å². The molecule has 0 aliphatic carbocycles. The predicted octanol–water partition coefficient (Wildman–Crippen LogP) is 3.48. The highest BCUT2D eigenvalue weighted by Gasteiger charge is 2.16. The highest BCUT2D eigenvalue weighted by atomic mass is 79.9. The first-order chi connectivity index (χ1) is 7.10. The molecule has 0 fully saturated rings. The zero-order valence-corrected chi connectivity index (χ0v) is 11.3. The lowest BCUT2D eigenvalue weighted by atomic mass is 10.0. The first-order valence-electron chi connectivity index (χ1n) is 4.33. The van der Waals surface area contributed by atoms with E-state index in [4.69, 9.17) is 5.26 Å². The fourth-order valence-electron chi connectivity index (χ4n) is 1.23. The highest BCUT2D eigenvalue weighted by Crippen LogP contribution is 2.28. The van der Waals surface area contributed by atoms with Crippen molar-refractivity contribution in [1.29, 1.82) is 5.26 Å². The van der Waals surface area contributed by atoms with Gasteiger partial charge in [0.15, 0.2) is 0 Å². The van der Waals surface area contributed by atoms with Gasteiger partial charge in [-0.2, -0.15) is 5.26 Å². The van der Waals surface area contributed by atoms with E-state index in [1.807, 2.05) is 12.1 Å². The quantitative estimate of drug-likeness (QED) is 0.796. The molecule has 0 heterocycles. The van der Waals surface area contributed by atoms with E-state index >= 15 is 0 Å². The zero-order chi connectivity index (χ0) is 11.4. The number of nitrogens with zero attached hydrogens (tertiary/aromatic N) is 1. The van der Waals surface area contributed by atoms with Crippen molar-refractivity contribution in [3.8, 4) is 6.07 Å². The maximum Gasteiger partial charge on any atom is 0.147 e. The first-order valence-corrected chi connectivity index (χ1v) is 6.37. The Hall–Kier alpha value is -0.660. The average Bonchev–Trinajstić information content (AvgIpc) is 2.27. The number of rotatable bonds is 3. The molecule has 0 bridgehead atoms. The van der Waals surface area contributed by atoms with Crippen molar-refractivity contribution in [1.82, 2.24) is 0 Å². The van der Waals surface area contributed by atoms with E-state index in [2.05, 4.69) is 37.9 Å². The van der Waals surface area contributed by atoms with Crippen LogP contribution in [0.2, 0.25) is 0 Å². The minimum Gasteiger partial charge on any atom is -0.298 e. The topological polar surface area (TPSA) is 40.9 Å². The van der Waals surface area contributed by atoms with E-state index in [9.17, 15) is 4.79 Å². The number of carbonyl (C=O) groups excluding carboxylic acids is 1. The van der Waals surface area contributed by atoms with Crippen molar-refractivity contribution >= 4 is 37.6 Å². The Morgan fingerprint density at radius 3 is 2.73 bits per heavy atom. The Kier molecular flexibility index (Phi) is 4.49. The van der Waals surface area contributed by atoms with Gasteiger partial charge in [-0.3, -0.25) is 4.79 Å². The van der Waals surface area contributed by atoms with E-state index in [1.54, 1.807) is 6.07 Å². The van der Waals surface area contributed by atoms with Crippen molar-refractivity contribution < 1.29 is 4.79 Å². The number of halogens is 2. The summed E-state index contributed by atoms with van der Waals surface area (Å²) in [6.07, 6.45) is 0. The Bertz CT molecular complexity index is 423. The van der Waals surface area contributed by atoms with E-state index in [0.717, 1.165) is 11.1 Å². The van der Waals surface area contributed by atoms with Gasteiger partial charge in [0.2, 0.25) is 0 Å². The Labute approximate surface area is 106 Å². The number of Topliss-reactive ketones (excluding diaryl/α,β-unsaturated/α-hetero) is 1. The number of hydrogen-bond donors (Lipinski definition) is 0. The van der Waals surface area contributed by atoms with Gasteiger partial charge < -0.3 is 0 Å². The normalized spacial score (nSPS) is 11.9. The van der Waals surface area contributed by atoms with Gasteiger partial charge in [-0.05, 0) is 24.1 Å². The van der Waals surface area contributed by atoms with Crippen molar-refractivity contribution in [2.24, 2.45) is 0 Å². The van der Waals surface area contributed by atoms with E-state index in [-0.39, 0.29) is 5.78 Å². The summed E-state index contributed by atoms with van der Waals surface area (Å²) in [5.74, 6) is -0.00165.